The number of fused-ring (bicyclic) bond motifs is 1. The number of benzene rings is 3. The highest BCUT2D eigenvalue weighted by atomic mass is 32.2. The van der Waals surface area contributed by atoms with Gasteiger partial charge in [-0.3, -0.25) is 4.79 Å². The van der Waals surface area contributed by atoms with E-state index in [0.717, 1.165) is 27.8 Å². The Balaban J connectivity index is 1.17. The number of ether oxygens (including phenoxy) is 1. The minimum absolute atomic E-state index is 0.143. The fraction of sp³-hybridized carbons (Fsp3) is 0.120. The Morgan fingerprint density at radius 2 is 1.82 bits per heavy atom. The number of nitrogens with zero attached hydrogens (tertiary/aromatic N) is 4. The molecule has 0 radical (unpaired) electrons. The molecule has 0 saturated heterocycles. The second-order valence-corrected chi connectivity index (χ2v) is 9.27. The Kier molecular flexibility index (Phi) is 6.55. The summed E-state index contributed by atoms with van der Waals surface area (Å²) in [6.45, 7) is 0.283. The summed E-state index contributed by atoms with van der Waals surface area (Å²) in [6.07, 6.45) is 0. The maximum absolute atomic E-state index is 12.4. The quantitative estimate of drug-likeness (QED) is 0.295. The van der Waals surface area contributed by atoms with Gasteiger partial charge >= 0.3 is 0 Å². The van der Waals surface area contributed by atoms with E-state index in [0.29, 0.717) is 16.1 Å². The first-order valence-electron chi connectivity index (χ1n) is 10.6. The number of carbonyl (C=O) groups excluding carboxylic acids is 1. The summed E-state index contributed by atoms with van der Waals surface area (Å²) in [5, 5.41) is 16.6. The molecule has 0 spiro atoms. The van der Waals surface area contributed by atoms with E-state index in [2.05, 4.69) is 32.6 Å². The molecule has 3 aromatic carbocycles. The standard InChI is InChI=1S/C25H21N5O2S2/c1-30-22(14-32-21-13-7-11-17-8-5-6-12-19(17)21)28-29-25(30)34-16-23(31)27-24-26-20(15-33-24)18-9-3-2-4-10-18/h2-13,15H,14,16H2,1H3,(H,26,27,31). The number of carbonyl (C=O) groups is 1. The number of anilines is 1. The van der Waals surface area contributed by atoms with E-state index < -0.39 is 0 Å². The zero-order valence-corrected chi connectivity index (χ0v) is 20.0. The number of hydrogen-bond donors (Lipinski definition) is 1. The van der Waals surface area contributed by atoms with Gasteiger partial charge in [-0.15, -0.1) is 21.5 Å². The highest BCUT2D eigenvalue weighted by Gasteiger charge is 2.14. The molecule has 5 aromatic rings. The van der Waals surface area contributed by atoms with Gasteiger partial charge in [0.05, 0.1) is 11.4 Å². The monoisotopic (exact) mass is 487 g/mol. The van der Waals surface area contributed by atoms with Crippen molar-refractivity contribution in [1.29, 1.82) is 0 Å². The van der Waals surface area contributed by atoms with Crippen molar-refractivity contribution < 1.29 is 9.53 Å². The molecule has 0 unspecified atom stereocenters. The van der Waals surface area contributed by atoms with Crippen LogP contribution in [0.25, 0.3) is 22.0 Å². The van der Waals surface area contributed by atoms with Crippen LogP contribution in [0, 0.1) is 0 Å². The predicted octanol–water partition coefficient (Wildman–Crippen LogP) is 5.40. The van der Waals surface area contributed by atoms with Crippen LogP contribution in [0.5, 0.6) is 5.75 Å². The van der Waals surface area contributed by atoms with E-state index >= 15 is 0 Å². The maximum Gasteiger partial charge on any atom is 0.236 e. The highest BCUT2D eigenvalue weighted by molar-refractivity contribution is 7.99. The molecule has 5 rings (SSSR count). The minimum atomic E-state index is -0.143. The van der Waals surface area contributed by atoms with Gasteiger partial charge in [-0.2, -0.15) is 0 Å². The lowest BCUT2D eigenvalue weighted by molar-refractivity contribution is -0.113. The fourth-order valence-electron chi connectivity index (χ4n) is 3.42. The highest BCUT2D eigenvalue weighted by Crippen LogP contribution is 2.27. The Bertz CT molecular complexity index is 1430. The van der Waals surface area contributed by atoms with Crippen LogP contribution >= 0.6 is 23.1 Å². The second kappa shape index (κ2) is 10.1. The molecule has 170 valence electrons. The lowest BCUT2D eigenvalue weighted by Crippen LogP contribution is -2.14. The summed E-state index contributed by atoms with van der Waals surface area (Å²) in [7, 11) is 1.87. The van der Waals surface area contributed by atoms with E-state index in [1.165, 1.54) is 23.1 Å². The third kappa shape index (κ3) is 4.95. The van der Waals surface area contributed by atoms with Crippen LogP contribution in [0.15, 0.2) is 83.3 Å². The smallest absolute Gasteiger partial charge is 0.236 e. The normalized spacial score (nSPS) is 11.0. The van der Waals surface area contributed by atoms with Gasteiger partial charge in [0.1, 0.15) is 12.4 Å². The van der Waals surface area contributed by atoms with Gasteiger partial charge in [-0.1, -0.05) is 78.5 Å². The van der Waals surface area contributed by atoms with Crippen molar-refractivity contribution in [2.75, 3.05) is 11.1 Å². The van der Waals surface area contributed by atoms with Gasteiger partial charge in [0.25, 0.3) is 0 Å². The van der Waals surface area contributed by atoms with Crippen LogP contribution in [0.1, 0.15) is 5.82 Å². The molecule has 0 aliphatic carbocycles. The number of amides is 1. The first kappa shape index (κ1) is 22.1. The number of hydrogen-bond acceptors (Lipinski definition) is 7. The van der Waals surface area contributed by atoms with Crippen molar-refractivity contribution in [2.24, 2.45) is 7.05 Å². The van der Waals surface area contributed by atoms with E-state index in [1.54, 1.807) is 0 Å². The van der Waals surface area contributed by atoms with Crippen molar-refractivity contribution in [3.8, 4) is 17.0 Å². The number of thioether (sulfide) groups is 1. The summed E-state index contributed by atoms with van der Waals surface area (Å²) in [5.74, 6) is 1.54. The Hall–Kier alpha value is -3.69. The van der Waals surface area contributed by atoms with Gasteiger partial charge in [-0.05, 0) is 11.5 Å². The van der Waals surface area contributed by atoms with Crippen LogP contribution in [0.3, 0.4) is 0 Å². The average molecular weight is 488 g/mol. The number of rotatable bonds is 8. The largest absolute Gasteiger partial charge is 0.485 e. The molecule has 1 N–H and O–H groups in total. The van der Waals surface area contributed by atoms with Crippen LogP contribution in [-0.2, 0) is 18.4 Å². The van der Waals surface area contributed by atoms with Crippen molar-refractivity contribution >= 4 is 44.9 Å². The summed E-state index contributed by atoms with van der Waals surface area (Å²) in [4.78, 5) is 16.9. The summed E-state index contributed by atoms with van der Waals surface area (Å²) in [5.41, 5.74) is 1.86. The Labute approximate surface area is 204 Å². The van der Waals surface area contributed by atoms with Crippen molar-refractivity contribution in [2.45, 2.75) is 11.8 Å². The zero-order valence-electron chi connectivity index (χ0n) is 18.3. The third-order valence-corrected chi connectivity index (χ3v) is 6.96. The van der Waals surface area contributed by atoms with E-state index in [-0.39, 0.29) is 18.3 Å². The van der Waals surface area contributed by atoms with Crippen LogP contribution in [-0.4, -0.2) is 31.4 Å². The molecule has 34 heavy (non-hydrogen) atoms. The molecule has 2 heterocycles. The first-order valence-corrected chi connectivity index (χ1v) is 12.5. The summed E-state index contributed by atoms with van der Waals surface area (Å²) in [6, 6.07) is 23.9. The molecular weight excluding hydrogens is 466 g/mol. The molecular formula is C25H21N5O2S2. The Morgan fingerprint density at radius 3 is 2.71 bits per heavy atom. The average Bonchev–Trinajstić information content (AvgIpc) is 3.48. The first-order chi connectivity index (χ1) is 16.7. The molecule has 1 amide bonds. The molecule has 0 fully saturated rings. The molecule has 0 aliphatic heterocycles. The molecule has 0 bridgehead atoms. The Morgan fingerprint density at radius 1 is 1.03 bits per heavy atom. The van der Waals surface area contributed by atoms with Gasteiger partial charge in [0.15, 0.2) is 16.1 Å². The lowest BCUT2D eigenvalue weighted by atomic mass is 10.1. The minimum Gasteiger partial charge on any atom is -0.485 e. The molecule has 7 nitrogen and oxygen atoms in total. The fourth-order valence-corrected chi connectivity index (χ4v) is 4.88. The third-order valence-electron chi connectivity index (χ3n) is 5.18. The number of nitrogens with one attached hydrogen (secondary N) is 1. The van der Waals surface area contributed by atoms with Crippen LogP contribution < -0.4 is 10.1 Å². The summed E-state index contributed by atoms with van der Waals surface area (Å²) >= 11 is 2.73. The lowest BCUT2D eigenvalue weighted by Gasteiger charge is -2.09. The molecule has 0 atom stereocenters. The topological polar surface area (TPSA) is 81.9 Å². The van der Waals surface area contributed by atoms with Crippen LogP contribution in [0.2, 0.25) is 0 Å². The zero-order chi connectivity index (χ0) is 23.3. The second-order valence-electron chi connectivity index (χ2n) is 7.46. The van der Waals surface area contributed by atoms with Gasteiger partial charge < -0.3 is 14.6 Å². The van der Waals surface area contributed by atoms with E-state index in [1.807, 2.05) is 77.7 Å². The van der Waals surface area contributed by atoms with Gasteiger partial charge in [0.2, 0.25) is 5.91 Å². The predicted molar refractivity (Wildman–Crippen MR) is 136 cm³/mol. The molecule has 0 aliphatic rings. The number of aromatic nitrogens is 4. The van der Waals surface area contributed by atoms with Gasteiger partial charge in [-0.25, -0.2) is 4.98 Å². The van der Waals surface area contributed by atoms with Gasteiger partial charge in [0, 0.05) is 23.4 Å². The molecule has 9 heteroatoms. The van der Waals surface area contributed by atoms with Crippen LogP contribution in [0.4, 0.5) is 5.13 Å². The summed E-state index contributed by atoms with van der Waals surface area (Å²) < 4.78 is 7.87. The van der Waals surface area contributed by atoms with Crippen molar-refractivity contribution in [3.63, 3.8) is 0 Å². The van der Waals surface area contributed by atoms with E-state index in [9.17, 15) is 4.79 Å². The molecule has 0 saturated carbocycles. The van der Waals surface area contributed by atoms with E-state index in [4.69, 9.17) is 4.74 Å². The maximum atomic E-state index is 12.4. The van der Waals surface area contributed by atoms with Crippen molar-refractivity contribution in [3.05, 3.63) is 84.0 Å². The number of thiazole rings is 1. The molecule has 2 aromatic heterocycles. The van der Waals surface area contributed by atoms with Crippen molar-refractivity contribution in [1.82, 2.24) is 19.7 Å². The SMILES string of the molecule is Cn1c(COc2cccc3ccccc23)nnc1SCC(=O)Nc1nc(-c2ccccc2)cs1.